The number of carbonyl (C=O) groups excluding carboxylic acids is 1. The smallest absolute Gasteiger partial charge is 0.282 e. The molecule has 144 valence electrons. The third-order valence-electron chi connectivity index (χ3n) is 5.31. The molecule has 0 radical (unpaired) electrons. The van der Waals surface area contributed by atoms with E-state index in [-0.39, 0.29) is 11.9 Å². The van der Waals surface area contributed by atoms with Crippen molar-refractivity contribution in [2.45, 2.75) is 19.5 Å². The van der Waals surface area contributed by atoms with Crippen LogP contribution in [0.3, 0.4) is 0 Å². The monoisotopic (exact) mass is 389 g/mol. The molecule has 5 nitrogen and oxygen atoms in total. The fourth-order valence-corrected chi connectivity index (χ4v) is 3.76. The fraction of sp³-hybridized carbons (Fsp3) is 0.381. The van der Waals surface area contributed by atoms with Crippen LogP contribution in [-0.4, -0.2) is 45.2 Å². The summed E-state index contributed by atoms with van der Waals surface area (Å²) in [6.07, 6.45) is 0. The van der Waals surface area contributed by atoms with Crippen LogP contribution in [0.15, 0.2) is 48.5 Å². The molecule has 2 aromatic rings. The topological polar surface area (TPSA) is 47.2 Å². The van der Waals surface area contributed by atoms with Gasteiger partial charge in [0.15, 0.2) is 6.04 Å². The molecule has 1 fully saturated rings. The van der Waals surface area contributed by atoms with E-state index in [0.29, 0.717) is 5.02 Å². The van der Waals surface area contributed by atoms with Gasteiger partial charge >= 0.3 is 0 Å². The number of benzene rings is 2. The summed E-state index contributed by atoms with van der Waals surface area (Å²) in [4.78, 5) is 15.5. The Bertz CT molecular complexity index is 758. The van der Waals surface area contributed by atoms with Crippen molar-refractivity contribution >= 4 is 23.2 Å². The molecule has 0 aliphatic carbocycles. The number of anilines is 1. The molecular formula is C21H28ClN3O2+2. The lowest BCUT2D eigenvalue weighted by molar-refractivity contribution is -1.02. The zero-order valence-corrected chi connectivity index (χ0v) is 16.7. The van der Waals surface area contributed by atoms with Gasteiger partial charge in [0.05, 0.1) is 7.11 Å². The first-order valence-electron chi connectivity index (χ1n) is 9.42. The van der Waals surface area contributed by atoms with E-state index in [2.05, 4.69) is 17.4 Å². The lowest BCUT2D eigenvalue weighted by atomic mass is 10.1. The highest BCUT2D eigenvalue weighted by molar-refractivity contribution is 6.30. The molecule has 1 saturated heterocycles. The molecule has 2 aromatic carbocycles. The van der Waals surface area contributed by atoms with Gasteiger partial charge < -0.3 is 19.9 Å². The number of quaternary nitrogens is 2. The van der Waals surface area contributed by atoms with Crippen LogP contribution in [0.4, 0.5) is 5.69 Å². The maximum absolute atomic E-state index is 12.6. The van der Waals surface area contributed by atoms with Crippen LogP contribution in [0.5, 0.6) is 5.75 Å². The number of piperazine rings is 1. The van der Waals surface area contributed by atoms with Crippen molar-refractivity contribution in [1.82, 2.24) is 0 Å². The molecule has 3 N–H and O–H groups in total. The van der Waals surface area contributed by atoms with E-state index in [9.17, 15) is 4.79 Å². The van der Waals surface area contributed by atoms with Gasteiger partial charge in [-0.2, -0.15) is 0 Å². The maximum atomic E-state index is 12.6. The SMILES string of the molecule is COc1ccc(C[NH+]2CC[NH+]([C@H](C)C(=O)Nc3cccc(Cl)c3)CC2)cc1. The lowest BCUT2D eigenvalue weighted by Gasteiger charge is -2.32. The van der Waals surface area contributed by atoms with Gasteiger partial charge in [0, 0.05) is 16.3 Å². The van der Waals surface area contributed by atoms with Crippen LogP contribution in [0, 0.1) is 0 Å². The summed E-state index contributed by atoms with van der Waals surface area (Å²) in [6.45, 7) is 7.14. The molecule has 1 aliphatic rings. The summed E-state index contributed by atoms with van der Waals surface area (Å²) < 4.78 is 5.22. The average Bonchev–Trinajstić information content (AvgIpc) is 2.68. The second kappa shape index (κ2) is 9.22. The van der Waals surface area contributed by atoms with Crippen molar-refractivity contribution < 1.29 is 19.3 Å². The Morgan fingerprint density at radius 1 is 1.15 bits per heavy atom. The Balaban J connectivity index is 1.48. The Morgan fingerprint density at radius 2 is 1.85 bits per heavy atom. The van der Waals surface area contributed by atoms with E-state index in [1.165, 1.54) is 10.5 Å². The van der Waals surface area contributed by atoms with Crippen molar-refractivity contribution in [1.29, 1.82) is 0 Å². The van der Waals surface area contributed by atoms with E-state index in [1.54, 1.807) is 24.1 Å². The predicted octanol–water partition coefficient (Wildman–Crippen LogP) is 0.659. The van der Waals surface area contributed by atoms with E-state index in [0.717, 1.165) is 44.2 Å². The summed E-state index contributed by atoms with van der Waals surface area (Å²) in [5.74, 6) is 0.938. The van der Waals surface area contributed by atoms with Gasteiger partial charge in [-0.3, -0.25) is 4.79 Å². The lowest BCUT2D eigenvalue weighted by Crippen LogP contribution is -3.29. The Hall–Kier alpha value is -2.08. The predicted molar refractivity (Wildman–Crippen MR) is 108 cm³/mol. The Labute approximate surface area is 165 Å². The molecule has 0 saturated carbocycles. The molecular weight excluding hydrogens is 362 g/mol. The van der Waals surface area contributed by atoms with E-state index in [1.807, 2.05) is 31.2 Å². The molecule has 6 heteroatoms. The number of halogens is 1. The first-order chi connectivity index (χ1) is 13.0. The molecule has 0 spiro atoms. The number of methoxy groups -OCH3 is 1. The minimum Gasteiger partial charge on any atom is -0.497 e. The zero-order chi connectivity index (χ0) is 19.2. The Morgan fingerprint density at radius 3 is 2.48 bits per heavy atom. The van der Waals surface area contributed by atoms with Gasteiger partial charge in [-0.15, -0.1) is 0 Å². The van der Waals surface area contributed by atoms with Crippen LogP contribution in [0.2, 0.25) is 5.02 Å². The maximum Gasteiger partial charge on any atom is 0.282 e. The number of hydrogen-bond acceptors (Lipinski definition) is 2. The van der Waals surface area contributed by atoms with E-state index < -0.39 is 0 Å². The third kappa shape index (κ3) is 5.45. The van der Waals surface area contributed by atoms with Crippen molar-refractivity contribution in [2.75, 3.05) is 38.6 Å². The number of carbonyl (C=O) groups is 1. The largest absolute Gasteiger partial charge is 0.497 e. The van der Waals surface area contributed by atoms with Crippen molar-refractivity contribution in [2.24, 2.45) is 0 Å². The summed E-state index contributed by atoms with van der Waals surface area (Å²) in [7, 11) is 1.69. The molecule has 1 atom stereocenters. The molecule has 27 heavy (non-hydrogen) atoms. The summed E-state index contributed by atoms with van der Waals surface area (Å²) >= 11 is 5.99. The van der Waals surface area contributed by atoms with Crippen LogP contribution in [0.1, 0.15) is 12.5 Å². The van der Waals surface area contributed by atoms with Gasteiger partial charge in [-0.25, -0.2) is 0 Å². The molecule has 1 amide bonds. The van der Waals surface area contributed by atoms with Crippen LogP contribution in [-0.2, 0) is 11.3 Å². The molecule has 0 bridgehead atoms. The summed E-state index contributed by atoms with van der Waals surface area (Å²) in [5.41, 5.74) is 2.07. The minimum absolute atomic E-state index is 0.0471. The van der Waals surface area contributed by atoms with Crippen LogP contribution >= 0.6 is 11.6 Å². The van der Waals surface area contributed by atoms with Gasteiger partial charge in [0.25, 0.3) is 5.91 Å². The number of amides is 1. The van der Waals surface area contributed by atoms with E-state index >= 15 is 0 Å². The standard InChI is InChI=1S/C21H26ClN3O2/c1-16(21(26)23-19-5-3-4-18(22)14-19)25-12-10-24(11-13-25)15-17-6-8-20(27-2)9-7-17/h3-9,14,16H,10-13,15H2,1-2H3,(H,23,26)/p+2/t16-/m1/s1. The molecule has 0 aromatic heterocycles. The van der Waals surface area contributed by atoms with Gasteiger partial charge in [-0.05, 0) is 49.4 Å². The van der Waals surface area contributed by atoms with Gasteiger partial charge in [0.1, 0.15) is 38.5 Å². The molecule has 0 unspecified atom stereocenters. The average molecular weight is 390 g/mol. The van der Waals surface area contributed by atoms with Crippen molar-refractivity contribution in [3.8, 4) is 5.75 Å². The molecule has 3 rings (SSSR count). The van der Waals surface area contributed by atoms with Crippen molar-refractivity contribution in [3.05, 3.63) is 59.1 Å². The number of nitrogens with one attached hydrogen (secondary N) is 3. The summed E-state index contributed by atoms with van der Waals surface area (Å²) in [6, 6.07) is 15.5. The number of ether oxygens (including phenoxy) is 1. The highest BCUT2D eigenvalue weighted by atomic mass is 35.5. The first-order valence-corrected chi connectivity index (χ1v) is 9.80. The normalized spacial score (nSPS) is 20.7. The second-order valence-corrected chi connectivity index (χ2v) is 7.59. The van der Waals surface area contributed by atoms with Gasteiger partial charge in [-0.1, -0.05) is 17.7 Å². The summed E-state index contributed by atoms with van der Waals surface area (Å²) in [5, 5.41) is 3.61. The zero-order valence-electron chi connectivity index (χ0n) is 15.9. The second-order valence-electron chi connectivity index (χ2n) is 7.15. The highest BCUT2D eigenvalue weighted by Crippen LogP contribution is 2.14. The van der Waals surface area contributed by atoms with Crippen LogP contribution < -0.4 is 19.9 Å². The third-order valence-corrected chi connectivity index (χ3v) is 5.55. The fourth-order valence-electron chi connectivity index (χ4n) is 3.57. The van der Waals surface area contributed by atoms with Crippen LogP contribution in [0.25, 0.3) is 0 Å². The minimum atomic E-state index is -0.0773. The number of hydrogen-bond donors (Lipinski definition) is 3. The molecule has 1 aliphatic heterocycles. The number of rotatable bonds is 6. The molecule has 1 heterocycles. The Kier molecular flexibility index (Phi) is 6.72. The van der Waals surface area contributed by atoms with E-state index in [4.69, 9.17) is 16.3 Å². The first kappa shape index (κ1) is 19.7. The highest BCUT2D eigenvalue weighted by Gasteiger charge is 2.31. The quantitative estimate of drug-likeness (QED) is 0.679. The van der Waals surface area contributed by atoms with Crippen molar-refractivity contribution in [3.63, 3.8) is 0 Å². The van der Waals surface area contributed by atoms with Gasteiger partial charge in [0.2, 0.25) is 0 Å².